The lowest BCUT2D eigenvalue weighted by molar-refractivity contribution is 0.0693. The molecule has 2 N–H and O–H groups in total. The van der Waals surface area contributed by atoms with Crippen molar-refractivity contribution >= 4 is 11.7 Å². The van der Waals surface area contributed by atoms with E-state index in [-0.39, 0.29) is 11.9 Å². The Morgan fingerprint density at radius 3 is 2.45 bits per heavy atom. The molecule has 0 spiro atoms. The average molecular weight is 304 g/mol. The minimum Gasteiger partial charge on any atom is -0.381 e. The Morgan fingerprint density at radius 1 is 1.00 bits per heavy atom. The highest BCUT2D eigenvalue weighted by atomic mass is 16.5. The van der Waals surface area contributed by atoms with Crippen molar-refractivity contribution in [2.75, 3.05) is 18.5 Å². The Labute approximate surface area is 131 Å². The topological polar surface area (TPSA) is 76.1 Å². The van der Waals surface area contributed by atoms with E-state index >= 15 is 0 Å². The summed E-state index contributed by atoms with van der Waals surface area (Å²) >= 11 is 0. The van der Waals surface area contributed by atoms with Crippen LogP contribution in [0.2, 0.25) is 0 Å². The molecule has 0 bridgehead atoms. The van der Waals surface area contributed by atoms with Gasteiger partial charge in [0.25, 0.3) is 5.91 Å². The molecular weight excluding hydrogens is 280 g/mol. The molecule has 1 saturated carbocycles. The van der Waals surface area contributed by atoms with Crippen molar-refractivity contribution in [3.8, 4) is 0 Å². The summed E-state index contributed by atoms with van der Waals surface area (Å²) < 4.78 is 5.29. The second kappa shape index (κ2) is 7.54. The van der Waals surface area contributed by atoms with Crippen molar-refractivity contribution < 1.29 is 9.53 Å². The van der Waals surface area contributed by atoms with Crippen LogP contribution in [-0.2, 0) is 4.74 Å². The van der Waals surface area contributed by atoms with E-state index in [9.17, 15) is 4.79 Å². The maximum absolute atomic E-state index is 12.1. The monoisotopic (exact) mass is 304 g/mol. The van der Waals surface area contributed by atoms with E-state index in [1.807, 2.05) is 6.07 Å². The lowest BCUT2D eigenvalue weighted by Crippen LogP contribution is -2.39. The van der Waals surface area contributed by atoms with Crippen molar-refractivity contribution in [2.24, 2.45) is 0 Å². The van der Waals surface area contributed by atoms with Crippen LogP contribution in [-0.4, -0.2) is 41.4 Å². The Kier molecular flexibility index (Phi) is 5.21. The number of amides is 1. The number of nitrogens with zero attached hydrogens (tertiary/aromatic N) is 2. The number of carbonyl (C=O) groups excluding carboxylic acids is 1. The molecule has 2 fully saturated rings. The SMILES string of the molecule is O=C(NC1CCOCC1)c1ccc(NC2CCCCC2)nn1. The molecule has 3 rings (SSSR count). The van der Waals surface area contributed by atoms with Crippen molar-refractivity contribution in [1.82, 2.24) is 15.5 Å². The number of carbonyl (C=O) groups is 1. The molecule has 120 valence electrons. The van der Waals surface area contributed by atoms with E-state index < -0.39 is 0 Å². The zero-order chi connectivity index (χ0) is 15.2. The maximum Gasteiger partial charge on any atom is 0.272 e. The molecule has 1 aliphatic heterocycles. The predicted octanol–water partition coefficient (Wildman–Crippen LogP) is 2.13. The summed E-state index contributed by atoms with van der Waals surface area (Å²) in [5, 5.41) is 14.6. The molecule has 0 radical (unpaired) electrons. The highest BCUT2D eigenvalue weighted by molar-refractivity contribution is 5.92. The zero-order valence-electron chi connectivity index (χ0n) is 12.9. The van der Waals surface area contributed by atoms with Crippen molar-refractivity contribution in [1.29, 1.82) is 0 Å². The van der Waals surface area contributed by atoms with Crippen LogP contribution in [0.5, 0.6) is 0 Å². The van der Waals surface area contributed by atoms with Crippen LogP contribution in [0.25, 0.3) is 0 Å². The fraction of sp³-hybridized carbons (Fsp3) is 0.688. The summed E-state index contributed by atoms with van der Waals surface area (Å²) in [5.41, 5.74) is 0.376. The van der Waals surface area contributed by atoms with Crippen LogP contribution in [0.3, 0.4) is 0 Å². The third-order valence-electron chi connectivity index (χ3n) is 4.41. The van der Waals surface area contributed by atoms with Crippen LogP contribution < -0.4 is 10.6 Å². The molecule has 0 aromatic carbocycles. The van der Waals surface area contributed by atoms with Gasteiger partial charge in [-0.05, 0) is 37.8 Å². The highest BCUT2D eigenvalue weighted by Gasteiger charge is 2.18. The summed E-state index contributed by atoms with van der Waals surface area (Å²) in [4.78, 5) is 12.1. The fourth-order valence-corrected chi connectivity index (χ4v) is 3.09. The minimum atomic E-state index is -0.149. The number of hydrogen-bond acceptors (Lipinski definition) is 5. The van der Waals surface area contributed by atoms with Gasteiger partial charge in [-0.3, -0.25) is 4.79 Å². The molecule has 22 heavy (non-hydrogen) atoms. The molecule has 1 saturated heterocycles. The van der Waals surface area contributed by atoms with Crippen LogP contribution in [0.1, 0.15) is 55.4 Å². The van der Waals surface area contributed by atoms with E-state index in [4.69, 9.17) is 4.74 Å². The van der Waals surface area contributed by atoms with Crippen molar-refractivity contribution in [3.63, 3.8) is 0 Å². The Balaban J connectivity index is 1.52. The van der Waals surface area contributed by atoms with Gasteiger partial charge in [-0.1, -0.05) is 19.3 Å². The Hall–Kier alpha value is -1.69. The molecular formula is C16H24N4O2. The van der Waals surface area contributed by atoms with Gasteiger partial charge in [0.15, 0.2) is 5.69 Å². The highest BCUT2D eigenvalue weighted by Crippen LogP contribution is 2.20. The van der Waals surface area contributed by atoms with Crippen LogP contribution in [0.15, 0.2) is 12.1 Å². The summed E-state index contributed by atoms with van der Waals surface area (Å²) in [5.74, 6) is 0.609. The maximum atomic E-state index is 12.1. The van der Waals surface area contributed by atoms with Crippen LogP contribution in [0, 0.1) is 0 Å². The molecule has 0 unspecified atom stereocenters. The quantitative estimate of drug-likeness (QED) is 0.891. The number of hydrogen-bond donors (Lipinski definition) is 2. The van der Waals surface area contributed by atoms with Crippen molar-refractivity contribution in [3.05, 3.63) is 17.8 Å². The standard InChI is InChI=1S/C16H24N4O2/c21-16(18-13-8-10-22-11-9-13)14-6-7-15(20-19-14)17-12-4-2-1-3-5-12/h6-7,12-13H,1-5,8-11H2,(H,17,20)(H,18,21). The van der Waals surface area contributed by atoms with Gasteiger partial charge in [0.1, 0.15) is 5.82 Å². The molecule has 0 atom stereocenters. The molecule has 1 aromatic rings. The third-order valence-corrected chi connectivity index (χ3v) is 4.41. The van der Waals surface area contributed by atoms with Gasteiger partial charge in [-0.2, -0.15) is 0 Å². The van der Waals surface area contributed by atoms with E-state index in [1.54, 1.807) is 6.07 Å². The average Bonchev–Trinajstić information content (AvgIpc) is 2.57. The smallest absolute Gasteiger partial charge is 0.272 e. The Bertz CT molecular complexity index is 479. The first-order valence-electron chi connectivity index (χ1n) is 8.30. The van der Waals surface area contributed by atoms with Gasteiger partial charge in [-0.25, -0.2) is 0 Å². The molecule has 2 heterocycles. The summed E-state index contributed by atoms with van der Waals surface area (Å²) in [7, 11) is 0. The van der Waals surface area contributed by atoms with Crippen molar-refractivity contribution in [2.45, 2.75) is 57.0 Å². The van der Waals surface area contributed by atoms with Gasteiger partial charge < -0.3 is 15.4 Å². The first kappa shape index (κ1) is 15.2. The lowest BCUT2D eigenvalue weighted by atomic mass is 9.95. The van der Waals surface area contributed by atoms with Crippen LogP contribution >= 0.6 is 0 Å². The van der Waals surface area contributed by atoms with Gasteiger partial charge in [0.05, 0.1) is 0 Å². The number of anilines is 1. The van der Waals surface area contributed by atoms with Crippen LogP contribution in [0.4, 0.5) is 5.82 Å². The molecule has 6 heteroatoms. The van der Waals surface area contributed by atoms with Gasteiger partial charge in [0, 0.05) is 25.3 Å². The first-order valence-corrected chi connectivity index (χ1v) is 8.30. The fourth-order valence-electron chi connectivity index (χ4n) is 3.09. The summed E-state index contributed by atoms with van der Waals surface area (Å²) in [6.07, 6.45) is 7.98. The predicted molar refractivity (Wildman–Crippen MR) is 83.8 cm³/mol. The van der Waals surface area contributed by atoms with Gasteiger partial charge in [0.2, 0.25) is 0 Å². The molecule has 1 aliphatic carbocycles. The molecule has 6 nitrogen and oxygen atoms in total. The Morgan fingerprint density at radius 2 is 1.77 bits per heavy atom. The molecule has 2 aliphatic rings. The summed E-state index contributed by atoms with van der Waals surface area (Å²) in [6, 6.07) is 4.26. The minimum absolute atomic E-state index is 0.149. The summed E-state index contributed by atoms with van der Waals surface area (Å²) in [6.45, 7) is 1.42. The van der Waals surface area contributed by atoms with E-state index in [2.05, 4.69) is 20.8 Å². The number of ether oxygens (including phenoxy) is 1. The lowest BCUT2D eigenvalue weighted by Gasteiger charge is -2.23. The van der Waals surface area contributed by atoms with Gasteiger partial charge in [-0.15, -0.1) is 10.2 Å². The first-order chi connectivity index (χ1) is 10.8. The van der Waals surface area contributed by atoms with Gasteiger partial charge >= 0.3 is 0 Å². The molecule has 1 amide bonds. The van der Waals surface area contributed by atoms with E-state index in [0.29, 0.717) is 24.9 Å². The zero-order valence-corrected chi connectivity index (χ0v) is 12.9. The largest absolute Gasteiger partial charge is 0.381 e. The number of aromatic nitrogens is 2. The second-order valence-electron chi connectivity index (χ2n) is 6.14. The second-order valence-corrected chi connectivity index (χ2v) is 6.14. The van der Waals surface area contributed by atoms with E-state index in [0.717, 1.165) is 18.7 Å². The number of rotatable bonds is 4. The number of nitrogens with one attached hydrogen (secondary N) is 2. The molecule has 1 aromatic heterocycles. The normalized spacial score (nSPS) is 20.5. The van der Waals surface area contributed by atoms with E-state index in [1.165, 1.54) is 32.1 Å². The third kappa shape index (κ3) is 4.16.